The minimum Gasteiger partial charge on any atom is -0.481 e. The summed E-state index contributed by atoms with van der Waals surface area (Å²) in [5.41, 5.74) is 7.96. The first-order valence-electron chi connectivity index (χ1n) is 10.6. The minimum absolute atomic E-state index is 0.0706. The van der Waals surface area contributed by atoms with Gasteiger partial charge in [-0.05, 0) is 24.6 Å². The number of halogens is 3. The molecule has 4 heterocycles. The zero-order valence-electron chi connectivity index (χ0n) is 18.7. The Morgan fingerprint density at radius 3 is 2.63 bits per heavy atom. The van der Waals surface area contributed by atoms with E-state index in [1.54, 1.807) is 6.20 Å². The molecule has 0 aliphatic carbocycles. The Kier molecular flexibility index (Phi) is 5.55. The number of nitrogen functional groups attached to an aromatic ring is 1. The molecule has 5 rings (SSSR count). The van der Waals surface area contributed by atoms with Crippen LogP contribution in [0.4, 0.5) is 19.0 Å². The number of anilines is 1. The Balaban J connectivity index is 1.68. The van der Waals surface area contributed by atoms with E-state index in [0.29, 0.717) is 34.3 Å². The molecule has 0 saturated heterocycles. The van der Waals surface area contributed by atoms with Crippen LogP contribution in [0.15, 0.2) is 49.2 Å². The van der Waals surface area contributed by atoms with Gasteiger partial charge in [0, 0.05) is 23.4 Å². The van der Waals surface area contributed by atoms with Gasteiger partial charge in [0.2, 0.25) is 5.88 Å². The van der Waals surface area contributed by atoms with Crippen molar-refractivity contribution in [1.82, 2.24) is 34.5 Å². The van der Waals surface area contributed by atoms with E-state index in [-0.39, 0.29) is 17.4 Å². The van der Waals surface area contributed by atoms with Gasteiger partial charge in [-0.2, -0.15) is 0 Å². The number of methoxy groups -OCH3 is 1. The molecule has 1 atom stereocenters. The molecule has 0 amide bonds. The second-order valence-electron chi connectivity index (χ2n) is 7.73. The van der Waals surface area contributed by atoms with E-state index in [4.69, 9.17) is 10.5 Å². The topological polar surface area (TPSA) is 110 Å². The maximum atomic E-state index is 14.3. The smallest absolute Gasteiger partial charge is 0.221 e. The van der Waals surface area contributed by atoms with Gasteiger partial charge in [0.15, 0.2) is 0 Å². The molecule has 1 aromatic carbocycles. The highest BCUT2D eigenvalue weighted by molar-refractivity contribution is 6.01. The standard InChI is InChI=1S/C23H19F3N8O/c1-3-18(17-10-34(32-31-17)19-7-12(24)4-5-16(19)26)33-9-15(20-21(27)29-11-30-22(20)33)14-6-13(25)8-28-23(14)35-2/h4-11,18H,3H2,1-2H3,(H2,27,29,30)/t18-/m0/s1. The molecule has 4 aromatic heterocycles. The molecule has 35 heavy (non-hydrogen) atoms. The number of nitrogens with zero attached hydrogens (tertiary/aromatic N) is 7. The monoisotopic (exact) mass is 480 g/mol. The largest absolute Gasteiger partial charge is 0.481 e. The molecule has 0 fully saturated rings. The number of nitrogens with two attached hydrogens (primary N) is 1. The summed E-state index contributed by atoms with van der Waals surface area (Å²) >= 11 is 0. The molecule has 0 unspecified atom stereocenters. The molecule has 0 bridgehead atoms. The van der Waals surface area contributed by atoms with Gasteiger partial charge in [-0.3, -0.25) is 0 Å². The van der Waals surface area contributed by atoms with E-state index in [0.717, 1.165) is 24.4 Å². The normalized spacial score (nSPS) is 12.3. The van der Waals surface area contributed by atoms with E-state index in [1.165, 1.54) is 30.4 Å². The number of rotatable bonds is 6. The van der Waals surface area contributed by atoms with Crippen LogP contribution < -0.4 is 10.5 Å². The second kappa shape index (κ2) is 8.70. The summed E-state index contributed by atoms with van der Waals surface area (Å²) < 4.78 is 50.4. The van der Waals surface area contributed by atoms with Gasteiger partial charge in [0.25, 0.3) is 0 Å². The summed E-state index contributed by atoms with van der Waals surface area (Å²) in [7, 11) is 1.43. The van der Waals surface area contributed by atoms with Gasteiger partial charge >= 0.3 is 0 Å². The lowest BCUT2D eigenvalue weighted by atomic mass is 10.1. The molecule has 0 aliphatic heterocycles. The molecule has 5 aromatic rings. The molecular weight excluding hydrogens is 461 g/mol. The summed E-state index contributed by atoms with van der Waals surface area (Å²) in [6.07, 6.45) is 6.18. The highest BCUT2D eigenvalue weighted by Crippen LogP contribution is 2.39. The summed E-state index contributed by atoms with van der Waals surface area (Å²) in [5, 5.41) is 8.68. The first kappa shape index (κ1) is 22.3. The molecule has 0 spiro atoms. The summed E-state index contributed by atoms with van der Waals surface area (Å²) in [4.78, 5) is 12.5. The molecule has 9 nitrogen and oxygen atoms in total. The highest BCUT2D eigenvalue weighted by atomic mass is 19.1. The summed E-state index contributed by atoms with van der Waals surface area (Å²) in [6.45, 7) is 1.92. The summed E-state index contributed by atoms with van der Waals surface area (Å²) in [6, 6.07) is 3.96. The fourth-order valence-corrected chi connectivity index (χ4v) is 4.09. The van der Waals surface area contributed by atoms with Gasteiger partial charge < -0.3 is 15.0 Å². The van der Waals surface area contributed by atoms with Crippen molar-refractivity contribution in [3.05, 3.63) is 72.3 Å². The van der Waals surface area contributed by atoms with Crippen molar-refractivity contribution < 1.29 is 17.9 Å². The van der Waals surface area contributed by atoms with E-state index in [9.17, 15) is 13.2 Å². The van der Waals surface area contributed by atoms with Crippen LogP contribution in [-0.2, 0) is 0 Å². The lowest BCUT2D eigenvalue weighted by Gasteiger charge is -2.15. The number of hydrogen-bond donors (Lipinski definition) is 1. The zero-order chi connectivity index (χ0) is 24.7. The van der Waals surface area contributed by atoms with Crippen molar-refractivity contribution in [3.8, 4) is 22.7 Å². The number of fused-ring (bicyclic) bond motifs is 1. The van der Waals surface area contributed by atoms with Gasteiger partial charge in [-0.25, -0.2) is 32.8 Å². The lowest BCUT2D eigenvalue weighted by Crippen LogP contribution is -2.10. The number of benzene rings is 1. The molecule has 0 aliphatic rings. The molecule has 0 radical (unpaired) electrons. The number of aromatic nitrogens is 7. The minimum atomic E-state index is -0.643. The Labute approximate surface area is 197 Å². The molecule has 0 saturated carbocycles. The average molecular weight is 480 g/mol. The van der Waals surface area contributed by atoms with Crippen LogP contribution in [0.25, 0.3) is 27.8 Å². The third-order valence-corrected chi connectivity index (χ3v) is 5.67. The van der Waals surface area contributed by atoms with Gasteiger partial charge in [0.05, 0.1) is 30.9 Å². The van der Waals surface area contributed by atoms with Crippen molar-refractivity contribution in [3.63, 3.8) is 0 Å². The molecule has 12 heteroatoms. The van der Waals surface area contributed by atoms with Crippen molar-refractivity contribution in [2.45, 2.75) is 19.4 Å². The van der Waals surface area contributed by atoms with E-state index in [1.807, 2.05) is 11.5 Å². The average Bonchev–Trinajstić information content (AvgIpc) is 3.48. The quantitative estimate of drug-likeness (QED) is 0.390. The predicted molar refractivity (Wildman–Crippen MR) is 121 cm³/mol. The third kappa shape index (κ3) is 3.82. The van der Waals surface area contributed by atoms with Crippen LogP contribution >= 0.6 is 0 Å². The number of ether oxygens (including phenoxy) is 1. The van der Waals surface area contributed by atoms with Crippen LogP contribution in [-0.4, -0.2) is 41.6 Å². The second-order valence-corrected chi connectivity index (χ2v) is 7.73. The highest BCUT2D eigenvalue weighted by Gasteiger charge is 2.25. The Morgan fingerprint density at radius 1 is 1.03 bits per heavy atom. The predicted octanol–water partition coefficient (Wildman–Crippen LogP) is 4.08. The molecular formula is C23H19F3N8O. The van der Waals surface area contributed by atoms with E-state index >= 15 is 0 Å². The zero-order valence-corrected chi connectivity index (χ0v) is 18.7. The number of pyridine rings is 1. The van der Waals surface area contributed by atoms with Crippen LogP contribution in [0.3, 0.4) is 0 Å². The van der Waals surface area contributed by atoms with Crippen LogP contribution in [0.1, 0.15) is 25.1 Å². The van der Waals surface area contributed by atoms with Crippen molar-refractivity contribution in [1.29, 1.82) is 0 Å². The van der Waals surface area contributed by atoms with Gasteiger partial charge in [0.1, 0.15) is 46.6 Å². The van der Waals surface area contributed by atoms with Gasteiger partial charge in [-0.15, -0.1) is 5.10 Å². The fourth-order valence-electron chi connectivity index (χ4n) is 4.09. The molecule has 178 valence electrons. The van der Waals surface area contributed by atoms with Crippen molar-refractivity contribution in [2.75, 3.05) is 12.8 Å². The van der Waals surface area contributed by atoms with E-state index < -0.39 is 23.5 Å². The van der Waals surface area contributed by atoms with Crippen molar-refractivity contribution >= 4 is 16.9 Å². The Hall–Kier alpha value is -4.48. The first-order valence-corrected chi connectivity index (χ1v) is 10.6. The van der Waals surface area contributed by atoms with Crippen molar-refractivity contribution in [2.24, 2.45) is 0 Å². The lowest BCUT2D eigenvalue weighted by molar-refractivity contribution is 0.398. The first-order chi connectivity index (χ1) is 16.9. The molecule has 2 N–H and O–H groups in total. The van der Waals surface area contributed by atoms with Crippen LogP contribution in [0.5, 0.6) is 5.88 Å². The maximum Gasteiger partial charge on any atom is 0.221 e. The Bertz CT molecular complexity index is 1550. The van der Waals surface area contributed by atoms with Crippen LogP contribution in [0.2, 0.25) is 0 Å². The SMILES string of the molecule is CC[C@@H](c1cn(-c2cc(F)ccc2F)nn1)n1cc(-c2cc(F)cnc2OC)c2c(N)ncnc21. The third-order valence-electron chi connectivity index (χ3n) is 5.67. The maximum absolute atomic E-state index is 14.3. The Morgan fingerprint density at radius 2 is 1.86 bits per heavy atom. The van der Waals surface area contributed by atoms with E-state index in [2.05, 4.69) is 25.3 Å². The summed E-state index contributed by atoms with van der Waals surface area (Å²) in [5.74, 6) is -1.40. The number of hydrogen-bond acceptors (Lipinski definition) is 7. The van der Waals surface area contributed by atoms with Gasteiger partial charge in [-0.1, -0.05) is 12.1 Å². The van der Waals surface area contributed by atoms with Crippen LogP contribution in [0, 0.1) is 17.5 Å². The fraction of sp³-hybridized carbons (Fsp3) is 0.174.